The van der Waals surface area contributed by atoms with Crippen LogP contribution in [0.3, 0.4) is 0 Å². The van der Waals surface area contributed by atoms with Crippen molar-refractivity contribution in [3.63, 3.8) is 0 Å². The van der Waals surface area contributed by atoms with E-state index in [0.29, 0.717) is 23.0 Å². The Kier molecular flexibility index (Phi) is 5.42. The zero-order valence-electron chi connectivity index (χ0n) is 21.1. The van der Waals surface area contributed by atoms with E-state index in [1.54, 1.807) is 72.8 Å². The molecule has 192 valence electrons. The SMILES string of the molecule is O=C1C(=Cc2ccc(-n3c4ccccc4c4ccccc43)o2)C(=O)N(c2ccccc2)C(=O)N1c1ccccc1. The molecule has 40 heavy (non-hydrogen) atoms. The minimum atomic E-state index is -0.741. The summed E-state index contributed by atoms with van der Waals surface area (Å²) in [7, 11) is 0. The van der Waals surface area contributed by atoms with Gasteiger partial charge in [0.25, 0.3) is 11.8 Å². The molecule has 0 spiro atoms. The van der Waals surface area contributed by atoms with Gasteiger partial charge in [0.2, 0.25) is 5.88 Å². The molecular formula is C33H21N3O4. The molecule has 3 heterocycles. The smallest absolute Gasteiger partial charge is 0.343 e. The minimum absolute atomic E-state index is 0.185. The number of anilines is 2. The molecular weight excluding hydrogens is 502 g/mol. The van der Waals surface area contributed by atoms with Crippen LogP contribution in [0.1, 0.15) is 5.76 Å². The molecule has 0 bridgehead atoms. The average molecular weight is 524 g/mol. The molecule has 0 saturated carbocycles. The number of furan rings is 1. The number of fused-ring (bicyclic) bond motifs is 3. The van der Waals surface area contributed by atoms with Crippen molar-refractivity contribution in [2.45, 2.75) is 0 Å². The third-order valence-electron chi connectivity index (χ3n) is 6.98. The van der Waals surface area contributed by atoms with Crippen molar-refractivity contribution in [3.05, 3.63) is 133 Å². The van der Waals surface area contributed by atoms with Crippen molar-refractivity contribution >= 4 is 57.1 Å². The van der Waals surface area contributed by atoms with Gasteiger partial charge in [0.05, 0.1) is 22.4 Å². The maximum absolute atomic E-state index is 13.7. The summed E-state index contributed by atoms with van der Waals surface area (Å²) in [6.45, 7) is 0. The van der Waals surface area contributed by atoms with Crippen LogP contribution in [0.2, 0.25) is 0 Å². The number of aromatic nitrogens is 1. The summed E-state index contributed by atoms with van der Waals surface area (Å²) in [6.07, 6.45) is 1.40. The zero-order valence-corrected chi connectivity index (χ0v) is 21.1. The highest BCUT2D eigenvalue weighted by Crippen LogP contribution is 2.34. The number of benzene rings is 4. The summed E-state index contributed by atoms with van der Waals surface area (Å²) in [6, 6.07) is 36.0. The zero-order chi connectivity index (χ0) is 27.2. The van der Waals surface area contributed by atoms with E-state index in [-0.39, 0.29) is 5.57 Å². The number of carbonyl (C=O) groups excluding carboxylic acids is 3. The molecule has 4 amide bonds. The lowest BCUT2D eigenvalue weighted by atomic mass is 10.1. The summed E-state index contributed by atoms with van der Waals surface area (Å²) >= 11 is 0. The van der Waals surface area contributed by atoms with Gasteiger partial charge in [0.1, 0.15) is 11.3 Å². The van der Waals surface area contributed by atoms with Crippen molar-refractivity contribution in [1.29, 1.82) is 0 Å². The van der Waals surface area contributed by atoms with Gasteiger partial charge in [-0.05, 0) is 48.5 Å². The first kappa shape index (κ1) is 23.4. The fraction of sp³-hybridized carbons (Fsp3) is 0. The number of hydrogen-bond donors (Lipinski definition) is 0. The predicted molar refractivity (Wildman–Crippen MR) is 154 cm³/mol. The number of nitrogens with zero attached hydrogens (tertiary/aromatic N) is 3. The second-order valence-corrected chi connectivity index (χ2v) is 9.34. The highest BCUT2D eigenvalue weighted by atomic mass is 16.4. The molecule has 1 fully saturated rings. The molecule has 6 aromatic rings. The number of para-hydroxylation sites is 4. The van der Waals surface area contributed by atoms with Crippen LogP contribution in [-0.4, -0.2) is 22.4 Å². The van der Waals surface area contributed by atoms with Gasteiger partial charge in [0, 0.05) is 16.8 Å². The van der Waals surface area contributed by atoms with Gasteiger partial charge in [-0.2, -0.15) is 0 Å². The number of imide groups is 2. The molecule has 0 aliphatic carbocycles. The van der Waals surface area contributed by atoms with E-state index in [1.165, 1.54) is 6.08 Å². The van der Waals surface area contributed by atoms with Gasteiger partial charge in [-0.25, -0.2) is 14.6 Å². The first-order valence-electron chi connectivity index (χ1n) is 12.7. The van der Waals surface area contributed by atoms with E-state index in [4.69, 9.17) is 4.42 Å². The Morgan fingerprint density at radius 2 is 1.00 bits per heavy atom. The predicted octanol–water partition coefficient (Wildman–Crippen LogP) is 6.96. The van der Waals surface area contributed by atoms with Crippen LogP contribution in [0.5, 0.6) is 0 Å². The van der Waals surface area contributed by atoms with Crippen LogP contribution in [0.4, 0.5) is 16.2 Å². The van der Waals surface area contributed by atoms with Crippen LogP contribution in [0, 0.1) is 0 Å². The quantitative estimate of drug-likeness (QED) is 0.185. The molecule has 0 unspecified atom stereocenters. The average Bonchev–Trinajstić information content (AvgIpc) is 3.58. The van der Waals surface area contributed by atoms with Crippen LogP contribution in [0.15, 0.2) is 131 Å². The van der Waals surface area contributed by atoms with E-state index >= 15 is 0 Å². The number of carbonyl (C=O) groups is 3. The van der Waals surface area contributed by atoms with E-state index in [0.717, 1.165) is 31.6 Å². The lowest BCUT2D eigenvalue weighted by Gasteiger charge is -2.33. The first-order valence-corrected chi connectivity index (χ1v) is 12.7. The summed E-state index contributed by atoms with van der Waals surface area (Å²) in [5.41, 5.74) is 2.48. The summed E-state index contributed by atoms with van der Waals surface area (Å²) in [5, 5.41) is 2.17. The van der Waals surface area contributed by atoms with Crippen molar-refractivity contribution in [1.82, 2.24) is 4.57 Å². The number of rotatable bonds is 4. The number of hydrogen-bond acceptors (Lipinski definition) is 4. The third-order valence-corrected chi connectivity index (χ3v) is 6.98. The molecule has 0 atom stereocenters. The van der Waals surface area contributed by atoms with Gasteiger partial charge < -0.3 is 4.42 Å². The molecule has 0 N–H and O–H groups in total. The number of urea groups is 1. The maximum Gasteiger partial charge on any atom is 0.343 e. The fourth-order valence-corrected chi connectivity index (χ4v) is 5.18. The second kappa shape index (κ2) is 9.25. The number of amides is 4. The van der Waals surface area contributed by atoms with Crippen LogP contribution in [-0.2, 0) is 9.59 Å². The van der Waals surface area contributed by atoms with Crippen molar-refractivity contribution in [2.75, 3.05) is 9.80 Å². The van der Waals surface area contributed by atoms with Gasteiger partial charge >= 0.3 is 6.03 Å². The standard InChI is InChI=1S/C33H21N3O4/c37-31-27(32(38)35(23-13-5-2-6-14-23)33(39)34(31)22-11-3-1-4-12-22)21-24-19-20-30(40-24)36-28-17-9-7-15-25(28)26-16-8-10-18-29(26)36/h1-21H. The Bertz CT molecular complexity index is 1850. The Morgan fingerprint density at radius 1 is 0.525 bits per heavy atom. The summed E-state index contributed by atoms with van der Waals surface area (Å²) < 4.78 is 8.22. The molecule has 7 heteroatoms. The summed E-state index contributed by atoms with van der Waals surface area (Å²) in [4.78, 5) is 42.8. The molecule has 7 rings (SSSR count). The highest BCUT2D eigenvalue weighted by molar-refractivity contribution is 6.46. The van der Waals surface area contributed by atoms with Crippen LogP contribution in [0.25, 0.3) is 33.8 Å². The highest BCUT2D eigenvalue weighted by Gasteiger charge is 2.43. The second-order valence-electron chi connectivity index (χ2n) is 9.34. The Morgan fingerprint density at radius 3 is 1.52 bits per heavy atom. The first-order chi connectivity index (χ1) is 19.6. The lowest BCUT2D eigenvalue weighted by molar-refractivity contribution is -0.121. The van der Waals surface area contributed by atoms with Gasteiger partial charge in [0.15, 0.2) is 0 Å². The van der Waals surface area contributed by atoms with Crippen LogP contribution >= 0.6 is 0 Å². The Hall–Kier alpha value is -5.69. The van der Waals surface area contributed by atoms with Gasteiger partial charge in [-0.1, -0.05) is 72.8 Å². The van der Waals surface area contributed by atoms with Gasteiger partial charge in [-0.15, -0.1) is 0 Å². The Balaban J connectivity index is 1.35. The van der Waals surface area contributed by atoms with Crippen molar-refractivity contribution in [2.24, 2.45) is 0 Å². The van der Waals surface area contributed by atoms with Crippen molar-refractivity contribution in [3.8, 4) is 5.88 Å². The van der Waals surface area contributed by atoms with E-state index < -0.39 is 17.8 Å². The summed E-state index contributed by atoms with van der Waals surface area (Å²) in [5.74, 6) is -0.591. The lowest BCUT2D eigenvalue weighted by Crippen LogP contribution is -2.57. The molecule has 7 nitrogen and oxygen atoms in total. The van der Waals surface area contributed by atoms with E-state index in [2.05, 4.69) is 12.1 Å². The molecule has 1 saturated heterocycles. The molecule has 0 radical (unpaired) electrons. The van der Waals surface area contributed by atoms with E-state index in [9.17, 15) is 14.4 Å². The largest absolute Gasteiger partial charge is 0.440 e. The third kappa shape index (κ3) is 3.64. The van der Waals surface area contributed by atoms with Gasteiger partial charge in [-0.3, -0.25) is 14.2 Å². The molecule has 4 aromatic carbocycles. The molecule has 1 aliphatic heterocycles. The fourth-order valence-electron chi connectivity index (χ4n) is 5.18. The molecule has 1 aliphatic rings. The topological polar surface area (TPSA) is 75.8 Å². The van der Waals surface area contributed by atoms with E-state index in [1.807, 2.05) is 41.0 Å². The maximum atomic E-state index is 13.7. The van der Waals surface area contributed by atoms with Crippen LogP contribution < -0.4 is 9.80 Å². The Labute approximate surface area is 228 Å². The normalized spacial score (nSPS) is 14.0. The molecule has 2 aromatic heterocycles. The minimum Gasteiger partial charge on any atom is -0.440 e. The monoisotopic (exact) mass is 523 g/mol. The van der Waals surface area contributed by atoms with Crippen molar-refractivity contribution < 1.29 is 18.8 Å². The number of barbiturate groups is 1.